The standard InChI is InChI=1S/C13H16N4O/c1-14-9-3-4-16-12(6-9)13-7-10(15-2)5-11(8-18)17-13/h3-7,18H,8H2,1-2H3,(H,14,16)(H,15,17). The van der Waals surface area contributed by atoms with Gasteiger partial charge in [0.15, 0.2) is 0 Å². The molecule has 3 N–H and O–H groups in total. The topological polar surface area (TPSA) is 70.1 Å². The fourth-order valence-corrected chi connectivity index (χ4v) is 1.67. The Kier molecular flexibility index (Phi) is 3.74. The summed E-state index contributed by atoms with van der Waals surface area (Å²) in [6.07, 6.45) is 1.73. The number of hydrogen-bond donors (Lipinski definition) is 3. The monoisotopic (exact) mass is 244 g/mol. The Bertz CT molecular complexity index is 520. The van der Waals surface area contributed by atoms with Gasteiger partial charge in [-0.1, -0.05) is 0 Å². The third-order valence-corrected chi connectivity index (χ3v) is 2.64. The van der Waals surface area contributed by atoms with E-state index in [1.165, 1.54) is 0 Å². The minimum absolute atomic E-state index is 0.0890. The molecule has 18 heavy (non-hydrogen) atoms. The Balaban J connectivity index is 2.48. The van der Waals surface area contributed by atoms with Crippen LogP contribution in [0.15, 0.2) is 30.5 Å². The minimum atomic E-state index is -0.0890. The molecule has 2 aromatic rings. The highest BCUT2D eigenvalue weighted by Gasteiger charge is 2.06. The van der Waals surface area contributed by atoms with Crippen LogP contribution in [0.2, 0.25) is 0 Å². The lowest BCUT2D eigenvalue weighted by Gasteiger charge is -2.08. The molecule has 0 radical (unpaired) electrons. The molecular formula is C13H16N4O. The van der Waals surface area contributed by atoms with Crippen molar-refractivity contribution in [3.05, 3.63) is 36.2 Å². The van der Waals surface area contributed by atoms with Crippen LogP contribution in [0.4, 0.5) is 11.4 Å². The van der Waals surface area contributed by atoms with E-state index in [1.807, 2.05) is 38.4 Å². The molecule has 0 aliphatic heterocycles. The maximum Gasteiger partial charge on any atom is 0.0911 e. The van der Waals surface area contributed by atoms with E-state index >= 15 is 0 Å². The zero-order chi connectivity index (χ0) is 13.0. The van der Waals surface area contributed by atoms with Crippen molar-refractivity contribution in [2.75, 3.05) is 24.7 Å². The van der Waals surface area contributed by atoms with E-state index in [4.69, 9.17) is 0 Å². The maximum atomic E-state index is 9.21. The lowest BCUT2D eigenvalue weighted by atomic mass is 10.2. The van der Waals surface area contributed by atoms with E-state index in [-0.39, 0.29) is 6.61 Å². The summed E-state index contributed by atoms with van der Waals surface area (Å²) in [5.74, 6) is 0. The van der Waals surface area contributed by atoms with Crippen LogP contribution in [0, 0.1) is 0 Å². The van der Waals surface area contributed by atoms with E-state index in [2.05, 4.69) is 20.6 Å². The maximum absolute atomic E-state index is 9.21. The SMILES string of the molecule is CNc1ccnc(-c2cc(NC)cc(CO)n2)c1. The first-order valence-corrected chi connectivity index (χ1v) is 5.70. The number of aliphatic hydroxyl groups is 1. The van der Waals surface area contributed by atoms with Crippen LogP contribution in [-0.4, -0.2) is 29.2 Å². The lowest BCUT2D eigenvalue weighted by molar-refractivity contribution is 0.277. The highest BCUT2D eigenvalue weighted by molar-refractivity contribution is 5.64. The molecule has 2 heterocycles. The molecule has 0 aromatic carbocycles. The van der Waals surface area contributed by atoms with E-state index in [0.717, 1.165) is 22.8 Å². The van der Waals surface area contributed by atoms with Crippen molar-refractivity contribution in [1.82, 2.24) is 9.97 Å². The molecule has 5 heteroatoms. The Morgan fingerprint density at radius 2 is 1.78 bits per heavy atom. The predicted octanol–water partition coefficient (Wildman–Crippen LogP) is 1.72. The summed E-state index contributed by atoms with van der Waals surface area (Å²) in [4.78, 5) is 8.66. The Hall–Kier alpha value is -2.14. The summed E-state index contributed by atoms with van der Waals surface area (Å²) in [5, 5.41) is 15.3. The molecule has 0 spiro atoms. The molecular weight excluding hydrogens is 228 g/mol. The van der Waals surface area contributed by atoms with Crippen molar-refractivity contribution in [3.8, 4) is 11.4 Å². The number of nitrogens with zero attached hydrogens (tertiary/aromatic N) is 2. The van der Waals surface area contributed by atoms with E-state index < -0.39 is 0 Å². The molecule has 0 atom stereocenters. The Labute approximate surface area is 106 Å². The molecule has 0 fully saturated rings. The van der Waals surface area contributed by atoms with Gasteiger partial charge in [-0.3, -0.25) is 4.98 Å². The highest BCUT2D eigenvalue weighted by atomic mass is 16.3. The van der Waals surface area contributed by atoms with Crippen molar-refractivity contribution in [1.29, 1.82) is 0 Å². The number of rotatable bonds is 4. The summed E-state index contributed by atoms with van der Waals surface area (Å²) in [5.41, 5.74) is 4.01. The first kappa shape index (κ1) is 12.3. The quantitative estimate of drug-likeness (QED) is 0.764. The normalized spacial score (nSPS) is 10.2. The Morgan fingerprint density at radius 1 is 1.06 bits per heavy atom. The molecule has 0 amide bonds. The van der Waals surface area contributed by atoms with Gasteiger partial charge < -0.3 is 15.7 Å². The van der Waals surface area contributed by atoms with Crippen LogP contribution in [-0.2, 0) is 6.61 Å². The molecule has 0 bridgehead atoms. The third kappa shape index (κ3) is 2.57. The van der Waals surface area contributed by atoms with Crippen molar-refractivity contribution in [3.63, 3.8) is 0 Å². The number of hydrogen-bond acceptors (Lipinski definition) is 5. The molecule has 0 saturated carbocycles. The average molecular weight is 244 g/mol. The molecule has 0 unspecified atom stereocenters. The van der Waals surface area contributed by atoms with Gasteiger partial charge in [0, 0.05) is 31.7 Å². The summed E-state index contributed by atoms with van der Waals surface area (Å²) < 4.78 is 0. The number of nitrogens with one attached hydrogen (secondary N) is 2. The first-order valence-electron chi connectivity index (χ1n) is 5.70. The summed E-state index contributed by atoms with van der Waals surface area (Å²) in [6, 6.07) is 7.52. The van der Waals surface area contributed by atoms with E-state index in [0.29, 0.717) is 5.69 Å². The van der Waals surface area contributed by atoms with Crippen LogP contribution in [0.3, 0.4) is 0 Å². The van der Waals surface area contributed by atoms with Gasteiger partial charge in [0.1, 0.15) is 0 Å². The zero-order valence-electron chi connectivity index (χ0n) is 10.4. The number of aliphatic hydroxyl groups excluding tert-OH is 1. The second kappa shape index (κ2) is 5.46. The van der Waals surface area contributed by atoms with Crippen LogP contribution >= 0.6 is 0 Å². The Morgan fingerprint density at radius 3 is 2.44 bits per heavy atom. The third-order valence-electron chi connectivity index (χ3n) is 2.64. The van der Waals surface area contributed by atoms with Crippen LogP contribution in [0.1, 0.15) is 5.69 Å². The smallest absolute Gasteiger partial charge is 0.0911 e. The van der Waals surface area contributed by atoms with E-state index in [9.17, 15) is 5.11 Å². The molecule has 0 saturated heterocycles. The summed E-state index contributed by atoms with van der Waals surface area (Å²) in [7, 11) is 3.69. The second-order valence-electron chi connectivity index (χ2n) is 3.82. The van der Waals surface area contributed by atoms with Crippen LogP contribution in [0.5, 0.6) is 0 Å². The van der Waals surface area contributed by atoms with Gasteiger partial charge in [-0.2, -0.15) is 0 Å². The van der Waals surface area contributed by atoms with Gasteiger partial charge in [0.05, 0.1) is 23.7 Å². The van der Waals surface area contributed by atoms with Gasteiger partial charge >= 0.3 is 0 Å². The second-order valence-corrected chi connectivity index (χ2v) is 3.82. The molecule has 5 nitrogen and oxygen atoms in total. The molecule has 94 valence electrons. The summed E-state index contributed by atoms with van der Waals surface area (Å²) in [6.45, 7) is -0.0890. The van der Waals surface area contributed by atoms with Crippen molar-refractivity contribution in [2.45, 2.75) is 6.61 Å². The van der Waals surface area contributed by atoms with Gasteiger partial charge in [0.25, 0.3) is 0 Å². The average Bonchev–Trinajstić information content (AvgIpc) is 2.46. The van der Waals surface area contributed by atoms with Crippen molar-refractivity contribution < 1.29 is 5.11 Å². The van der Waals surface area contributed by atoms with Gasteiger partial charge in [-0.15, -0.1) is 0 Å². The number of aromatic nitrogens is 2. The molecule has 0 aliphatic carbocycles. The number of pyridine rings is 2. The van der Waals surface area contributed by atoms with Crippen LogP contribution < -0.4 is 10.6 Å². The summed E-state index contributed by atoms with van der Waals surface area (Å²) >= 11 is 0. The highest BCUT2D eigenvalue weighted by Crippen LogP contribution is 2.22. The van der Waals surface area contributed by atoms with Crippen molar-refractivity contribution in [2.24, 2.45) is 0 Å². The largest absolute Gasteiger partial charge is 0.390 e. The van der Waals surface area contributed by atoms with Gasteiger partial charge in [-0.05, 0) is 24.3 Å². The minimum Gasteiger partial charge on any atom is -0.390 e. The number of anilines is 2. The fourth-order valence-electron chi connectivity index (χ4n) is 1.67. The van der Waals surface area contributed by atoms with E-state index in [1.54, 1.807) is 6.20 Å². The van der Waals surface area contributed by atoms with Gasteiger partial charge in [-0.25, -0.2) is 4.98 Å². The molecule has 2 rings (SSSR count). The predicted molar refractivity (Wildman–Crippen MR) is 72.5 cm³/mol. The van der Waals surface area contributed by atoms with Gasteiger partial charge in [0.2, 0.25) is 0 Å². The lowest BCUT2D eigenvalue weighted by Crippen LogP contribution is -1.98. The molecule has 2 aromatic heterocycles. The van der Waals surface area contributed by atoms with Crippen molar-refractivity contribution >= 4 is 11.4 Å². The first-order chi connectivity index (χ1) is 8.76. The van der Waals surface area contributed by atoms with Crippen LogP contribution in [0.25, 0.3) is 11.4 Å². The molecule has 0 aliphatic rings. The fraction of sp³-hybridized carbons (Fsp3) is 0.231. The zero-order valence-corrected chi connectivity index (χ0v) is 10.4.